The number of rotatable bonds is 1. The lowest BCUT2D eigenvalue weighted by Crippen LogP contribution is -2.20. The van der Waals surface area contributed by atoms with Crippen LogP contribution in [0.2, 0.25) is 0 Å². The van der Waals surface area contributed by atoms with Crippen molar-refractivity contribution < 1.29 is 0 Å². The number of fused-ring (bicyclic) bond motifs is 1. The zero-order chi connectivity index (χ0) is 10.3. The Kier molecular flexibility index (Phi) is 1.58. The van der Waals surface area contributed by atoms with E-state index < -0.39 is 0 Å². The number of nitrogen functional groups attached to an aromatic ring is 1. The van der Waals surface area contributed by atoms with E-state index in [1.807, 2.05) is 0 Å². The van der Waals surface area contributed by atoms with Gasteiger partial charge >= 0.3 is 0 Å². The van der Waals surface area contributed by atoms with Crippen molar-refractivity contribution in [1.29, 1.82) is 0 Å². The smallest absolute Gasteiger partial charge is 0.186 e. The number of nitrogens with two attached hydrogens (primary N) is 1. The summed E-state index contributed by atoms with van der Waals surface area (Å²) in [6, 6.07) is 0. The van der Waals surface area contributed by atoms with Crippen LogP contribution in [0.1, 0.15) is 5.69 Å². The van der Waals surface area contributed by atoms with E-state index in [2.05, 4.69) is 30.5 Å². The van der Waals surface area contributed by atoms with Crippen LogP contribution in [-0.4, -0.2) is 39.1 Å². The molecule has 0 bridgehead atoms. The number of nitrogens with one attached hydrogen (secondary N) is 2. The average molecular weight is 203 g/mol. The second-order valence-corrected chi connectivity index (χ2v) is 3.21. The Morgan fingerprint density at radius 1 is 1.33 bits per heavy atom. The first kappa shape index (κ1) is 8.16. The number of aromatic amines is 1. The van der Waals surface area contributed by atoms with Crippen molar-refractivity contribution in [2.45, 2.75) is 0 Å². The lowest BCUT2D eigenvalue weighted by Gasteiger charge is -1.99. The first-order valence-electron chi connectivity index (χ1n) is 4.59. The molecule has 76 valence electrons. The van der Waals surface area contributed by atoms with Crippen LogP contribution >= 0.6 is 0 Å². The molecule has 1 aliphatic heterocycles. The Labute approximate surface area is 84.8 Å². The summed E-state index contributed by atoms with van der Waals surface area (Å²) in [4.78, 5) is 12.2. The van der Waals surface area contributed by atoms with Gasteiger partial charge in [0, 0.05) is 6.54 Å². The fraction of sp³-hybridized carbons (Fsp3) is 0.250. The van der Waals surface area contributed by atoms with Gasteiger partial charge in [0.1, 0.15) is 23.7 Å². The van der Waals surface area contributed by atoms with Gasteiger partial charge in [-0.2, -0.15) is 5.10 Å². The number of amidine groups is 1. The number of hydrogen-bond donors (Lipinski definition) is 3. The molecule has 1 aliphatic rings. The van der Waals surface area contributed by atoms with Crippen LogP contribution < -0.4 is 11.1 Å². The third-order valence-electron chi connectivity index (χ3n) is 2.29. The molecule has 4 N–H and O–H groups in total. The van der Waals surface area contributed by atoms with Gasteiger partial charge in [-0.3, -0.25) is 10.1 Å². The first-order valence-corrected chi connectivity index (χ1v) is 4.59. The molecule has 0 unspecified atom stereocenters. The van der Waals surface area contributed by atoms with Crippen LogP contribution in [0.3, 0.4) is 0 Å². The molecule has 15 heavy (non-hydrogen) atoms. The molecular weight excluding hydrogens is 194 g/mol. The molecule has 0 saturated carbocycles. The fourth-order valence-corrected chi connectivity index (χ4v) is 1.62. The van der Waals surface area contributed by atoms with E-state index in [1.54, 1.807) is 0 Å². The van der Waals surface area contributed by atoms with Gasteiger partial charge in [-0.15, -0.1) is 0 Å². The summed E-state index contributed by atoms with van der Waals surface area (Å²) in [7, 11) is 0. The zero-order valence-electron chi connectivity index (χ0n) is 7.86. The lowest BCUT2D eigenvalue weighted by molar-refractivity contribution is 0.957. The van der Waals surface area contributed by atoms with E-state index >= 15 is 0 Å². The minimum absolute atomic E-state index is 0.417. The van der Waals surface area contributed by atoms with Gasteiger partial charge in [0.2, 0.25) is 0 Å². The Hall–Kier alpha value is -2.18. The average Bonchev–Trinajstić information content (AvgIpc) is 2.85. The van der Waals surface area contributed by atoms with Crippen LogP contribution in [0.4, 0.5) is 5.82 Å². The fourth-order valence-electron chi connectivity index (χ4n) is 1.62. The molecule has 0 atom stereocenters. The number of aliphatic imine (C=N–C) groups is 1. The zero-order valence-corrected chi connectivity index (χ0v) is 7.86. The highest BCUT2D eigenvalue weighted by atomic mass is 15.2. The molecule has 0 amide bonds. The monoisotopic (exact) mass is 203 g/mol. The van der Waals surface area contributed by atoms with Crippen LogP contribution in [0, 0.1) is 0 Å². The van der Waals surface area contributed by atoms with E-state index in [4.69, 9.17) is 5.73 Å². The number of aromatic nitrogens is 4. The van der Waals surface area contributed by atoms with Gasteiger partial charge < -0.3 is 11.1 Å². The molecule has 0 radical (unpaired) electrons. The van der Waals surface area contributed by atoms with Crippen molar-refractivity contribution in [2.24, 2.45) is 4.99 Å². The predicted molar refractivity (Wildman–Crippen MR) is 55.5 cm³/mol. The van der Waals surface area contributed by atoms with Crippen LogP contribution in [-0.2, 0) is 0 Å². The maximum Gasteiger partial charge on any atom is 0.186 e. The van der Waals surface area contributed by atoms with Crippen molar-refractivity contribution in [3.63, 3.8) is 0 Å². The van der Waals surface area contributed by atoms with E-state index in [1.165, 1.54) is 6.33 Å². The summed E-state index contributed by atoms with van der Waals surface area (Å²) < 4.78 is 0. The largest absolute Gasteiger partial charge is 0.383 e. The molecule has 0 fully saturated rings. The number of nitrogens with zero attached hydrogens (tertiary/aromatic N) is 4. The van der Waals surface area contributed by atoms with Crippen molar-refractivity contribution in [3.8, 4) is 0 Å². The van der Waals surface area contributed by atoms with Crippen LogP contribution in [0.15, 0.2) is 11.3 Å². The van der Waals surface area contributed by atoms with Crippen LogP contribution in [0.25, 0.3) is 11.0 Å². The normalized spacial score (nSPS) is 15.3. The van der Waals surface area contributed by atoms with E-state index in [0.717, 1.165) is 30.0 Å². The highest BCUT2D eigenvalue weighted by Gasteiger charge is 2.17. The Balaban J connectivity index is 2.27. The number of hydrogen-bond acceptors (Lipinski definition) is 6. The van der Waals surface area contributed by atoms with Crippen LogP contribution in [0.5, 0.6) is 0 Å². The quantitative estimate of drug-likeness (QED) is 0.567. The second kappa shape index (κ2) is 2.91. The molecule has 7 nitrogen and oxygen atoms in total. The van der Waals surface area contributed by atoms with Gasteiger partial charge in [0.15, 0.2) is 5.65 Å². The maximum atomic E-state index is 5.78. The van der Waals surface area contributed by atoms with Crippen molar-refractivity contribution >= 4 is 22.7 Å². The van der Waals surface area contributed by atoms with E-state index in [0.29, 0.717) is 11.5 Å². The summed E-state index contributed by atoms with van der Waals surface area (Å²) in [5.41, 5.74) is 7.10. The van der Waals surface area contributed by atoms with Crippen molar-refractivity contribution in [2.75, 3.05) is 18.8 Å². The molecule has 3 rings (SSSR count). The van der Waals surface area contributed by atoms with Gasteiger partial charge in [0.25, 0.3) is 0 Å². The Morgan fingerprint density at radius 3 is 3.07 bits per heavy atom. The molecule has 0 saturated heterocycles. The SMILES string of the molecule is Nc1ncnc2n[nH]c(C3=NCCN3)c12. The summed E-state index contributed by atoms with van der Waals surface area (Å²) in [6.45, 7) is 1.60. The van der Waals surface area contributed by atoms with Gasteiger partial charge in [-0.1, -0.05) is 0 Å². The third kappa shape index (κ3) is 1.13. The van der Waals surface area contributed by atoms with Gasteiger partial charge in [0.05, 0.1) is 11.9 Å². The second-order valence-electron chi connectivity index (χ2n) is 3.21. The highest BCUT2D eigenvalue weighted by molar-refractivity contribution is 6.10. The number of anilines is 1. The topological polar surface area (TPSA) is 105 Å². The highest BCUT2D eigenvalue weighted by Crippen LogP contribution is 2.19. The molecule has 2 aromatic rings. The molecule has 7 heteroatoms. The molecule has 3 heterocycles. The minimum atomic E-state index is 0.417. The molecule has 0 spiro atoms. The Bertz CT molecular complexity index is 541. The molecule has 0 aromatic carbocycles. The van der Waals surface area contributed by atoms with Gasteiger partial charge in [-0.25, -0.2) is 9.97 Å². The van der Waals surface area contributed by atoms with Gasteiger partial charge in [-0.05, 0) is 0 Å². The van der Waals surface area contributed by atoms with Crippen molar-refractivity contribution in [3.05, 3.63) is 12.0 Å². The first-order chi connectivity index (χ1) is 7.36. The molecule has 2 aromatic heterocycles. The third-order valence-corrected chi connectivity index (χ3v) is 2.29. The molecule has 0 aliphatic carbocycles. The summed E-state index contributed by atoms with van der Waals surface area (Å²) in [6.07, 6.45) is 1.40. The maximum absolute atomic E-state index is 5.78. The van der Waals surface area contributed by atoms with E-state index in [-0.39, 0.29) is 0 Å². The lowest BCUT2D eigenvalue weighted by atomic mass is 10.2. The summed E-state index contributed by atoms with van der Waals surface area (Å²) >= 11 is 0. The standard InChI is InChI=1S/C8H9N7/c9-6-4-5(8-10-1-2-11-8)14-15-7(4)13-3-12-6/h3H,1-2H2,(H,10,11)(H3,9,12,13,14,15). The summed E-state index contributed by atoms with van der Waals surface area (Å²) in [5.74, 6) is 1.19. The summed E-state index contributed by atoms with van der Waals surface area (Å²) in [5, 5.41) is 10.8. The predicted octanol–water partition coefficient (Wildman–Crippen LogP) is -0.715. The van der Waals surface area contributed by atoms with E-state index in [9.17, 15) is 0 Å². The minimum Gasteiger partial charge on any atom is -0.383 e. The Morgan fingerprint density at radius 2 is 2.27 bits per heavy atom. The number of H-pyrrole nitrogens is 1. The van der Waals surface area contributed by atoms with Crippen molar-refractivity contribution in [1.82, 2.24) is 25.5 Å². The molecular formula is C8H9N7.